The molecule has 0 radical (unpaired) electrons. The van der Waals surface area contributed by atoms with Gasteiger partial charge in [-0.15, -0.1) is 0 Å². The van der Waals surface area contributed by atoms with Crippen molar-refractivity contribution in [3.63, 3.8) is 0 Å². The number of nitrogens with zero attached hydrogens (tertiary/aromatic N) is 3. The van der Waals surface area contributed by atoms with E-state index >= 15 is 0 Å². The highest BCUT2D eigenvalue weighted by atomic mass is 16.2. The van der Waals surface area contributed by atoms with Crippen LogP contribution < -0.4 is 5.43 Å². The van der Waals surface area contributed by atoms with Crippen molar-refractivity contribution in [1.82, 2.24) is 5.43 Å². The first-order valence-electron chi connectivity index (χ1n) is 4.47. The smallest absolute Gasteiger partial charge is 0.254 e. The summed E-state index contributed by atoms with van der Waals surface area (Å²) >= 11 is 0. The molecule has 1 amide bonds. The van der Waals surface area contributed by atoms with Crippen LogP contribution in [-0.4, -0.2) is 11.6 Å². The Hall–Kier alpha value is -2.66. The maximum Gasteiger partial charge on any atom is 0.254 e. The average molecular weight is 212 g/mol. The van der Waals surface area contributed by atoms with Crippen molar-refractivity contribution in [1.29, 1.82) is 10.5 Å². The van der Waals surface area contributed by atoms with Gasteiger partial charge in [0.2, 0.25) is 0 Å². The van der Waals surface area contributed by atoms with Crippen molar-refractivity contribution in [2.45, 2.75) is 6.42 Å². The number of hydrogen-bond acceptors (Lipinski definition) is 4. The fraction of sp³-hybridized carbons (Fsp3) is 0.0909. The van der Waals surface area contributed by atoms with Crippen LogP contribution in [-0.2, 0) is 4.79 Å². The molecule has 78 valence electrons. The Morgan fingerprint density at radius 1 is 1.31 bits per heavy atom. The molecule has 5 nitrogen and oxygen atoms in total. The molecule has 0 aromatic heterocycles. The molecule has 0 heterocycles. The van der Waals surface area contributed by atoms with Gasteiger partial charge >= 0.3 is 0 Å². The van der Waals surface area contributed by atoms with Gasteiger partial charge in [-0.05, 0) is 0 Å². The van der Waals surface area contributed by atoms with Crippen molar-refractivity contribution in [3.8, 4) is 12.1 Å². The van der Waals surface area contributed by atoms with Gasteiger partial charge < -0.3 is 0 Å². The van der Waals surface area contributed by atoms with E-state index in [1.807, 2.05) is 12.1 Å². The minimum Gasteiger partial charge on any atom is -0.272 e. The largest absolute Gasteiger partial charge is 0.272 e. The monoisotopic (exact) mass is 212 g/mol. The lowest BCUT2D eigenvalue weighted by atomic mass is 10.1. The summed E-state index contributed by atoms with van der Waals surface area (Å²) < 4.78 is 0. The van der Waals surface area contributed by atoms with Gasteiger partial charge in [0.05, 0.1) is 6.07 Å². The molecule has 0 saturated heterocycles. The quantitative estimate of drug-likeness (QED) is 0.597. The van der Waals surface area contributed by atoms with E-state index < -0.39 is 5.91 Å². The minimum absolute atomic E-state index is 0.104. The molecule has 0 fully saturated rings. The van der Waals surface area contributed by atoms with Gasteiger partial charge in [-0.3, -0.25) is 4.79 Å². The molecule has 0 aliphatic rings. The first-order valence-corrected chi connectivity index (χ1v) is 4.47. The van der Waals surface area contributed by atoms with Crippen LogP contribution in [0.4, 0.5) is 0 Å². The Morgan fingerprint density at radius 3 is 2.56 bits per heavy atom. The molecule has 1 rings (SSSR count). The second kappa shape index (κ2) is 5.94. The molecular weight excluding hydrogens is 204 g/mol. The number of hydrazone groups is 1. The molecule has 1 aromatic carbocycles. The van der Waals surface area contributed by atoms with Crippen molar-refractivity contribution in [2.24, 2.45) is 5.10 Å². The van der Waals surface area contributed by atoms with Gasteiger partial charge in [0.25, 0.3) is 5.91 Å². The number of benzene rings is 1. The number of nitriles is 2. The average Bonchev–Trinajstić information content (AvgIpc) is 2.31. The van der Waals surface area contributed by atoms with Gasteiger partial charge in [0.15, 0.2) is 5.71 Å². The van der Waals surface area contributed by atoms with E-state index in [4.69, 9.17) is 10.5 Å². The van der Waals surface area contributed by atoms with Crippen LogP contribution in [0.15, 0.2) is 35.4 Å². The molecule has 0 saturated carbocycles. The Morgan fingerprint density at radius 2 is 2.00 bits per heavy atom. The third kappa shape index (κ3) is 3.24. The summed E-state index contributed by atoms with van der Waals surface area (Å²) in [6.45, 7) is 0. The number of rotatable bonds is 3. The molecule has 0 aliphatic heterocycles. The van der Waals surface area contributed by atoms with Crippen molar-refractivity contribution < 1.29 is 4.79 Å². The van der Waals surface area contributed by atoms with Crippen LogP contribution in [0.25, 0.3) is 0 Å². The standard InChI is InChI=1S/C11H8N4O/c12-7-6-11(16)15-14-10(8-13)9-4-2-1-3-5-9/h1-5H,6H2,(H,15,16). The van der Waals surface area contributed by atoms with E-state index in [1.54, 1.807) is 30.3 Å². The number of carbonyl (C=O) groups is 1. The predicted octanol–water partition coefficient (Wildman–Crippen LogP) is 0.944. The molecule has 0 atom stereocenters. The molecule has 0 bridgehead atoms. The summed E-state index contributed by atoms with van der Waals surface area (Å²) in [6, 6.07) is 12.3. The highest BCUT2D eigenvalue weighted by molar-refractivity contribution is 6.11. The Balaban J connectivity index is 2.78. The van der Waals surface area contributed by atoms with Gasteiger partial charge in [0, 0.05) is 5.56 Å². The van der Waals surface area contributed by atoms with Crippen LogP contribution in [0.3, 0.4) is 0 Å². The molecule has 0 spiro atoms. The SMILES string of the molecule is N#CCC(=O)NN=C(C#N)c1ccccc1. The van der Waals surface area contributed by atoms with Gasteiger partial charge in [-0.2, -0.15) is 15.6 Å². The van der Waals surface area contributed by atoms with Gasteiger partial charge in [-0.25, -0.2) is 5.43 Å². The van der Waals surface area contributed by atoms with E-state index in [-0.39, 0.29) is 12.1 Å². The van der Waals surface area contributed by atoms with Crippen LogP contribution >= 0.6 is 0 Å². The molecule has 0 aliphatic carbocycles. The molecule has 0 unspecified atom stereocenters. The summed E-state index contributed by atoms with van der Waals surface area (Å²) in [5.74, 6) is -0.536. The highest BCUT2D eigenvalue weighted by Gasteiger charge is 2.02. The van der Waals surface area contributed by atoms with E-state index in [0.29, 0.717) is 5.56 Å². The van der Waals surface area contributed by atoms with Crippen LogP contribution in [0.5, 0.6) is 0 Å². The Kier molecular flexibility index (Phi) is 4.24. The van der Waals surface area contributed by atoms with Crippen LogP contribution in [0, 0.1) is 22.7 Å². The molecule has 1 N–H and O–H groups in total. The molecule has 1 aromatic rings. The maximum atomic E-state index is 10.9. The van der Waals surface area contributed by atoms with E-state index in [1.165, 1.54) is 0 Å². The van der Waals surface area contributed by atoms with Gasteiger partial charge in [-0.1, -0.05) is 30.3 Å². The van der Waals surface area contributed by atoms with Gasteiger partial charge in [0.1, 0.15) is 12.5 Å². The lowest BCUT2D eigenvalue weighted by Gasteiger charge is -1.98. The second-order valence-electron chi connectivity index (χ2n) is 2.81. The molecule has 5 heteroatoms. The maximum absolute atomic E-state index is 10.9. The second-order valence-corrected chi connectivity index (χ2v) is 2.81. The third-order valence-electron chi connectivity index (χ3n) is 1.69. The normalized spacial score (nSPS) is 10.0. The highest BCUT2D eigenvalue weighted by Crippen LogP contribution is 1.99. The number of hydrogen-bond donors (Lipinski definition) is 1. The molecule has 16 heavy (non-hydrogen) atoms. The summed E-state index contributed by atoms with van der Waals surface area (Å²) in [5, 5.41) is 20.7. The Labute approximate surface area is 92.6 Å². The van der Waals surface area contributed by atoms with Crippen molar-refractivity contribution in [3.05, 3.63) is 35.9 Å². The van der Waals surface area contributed by atoms with Crippen molar-refractivity contribution >= 4 is 11.6 Å². The number of carbonyl (C=O) groups excluding carboxylic acids is 1. The topological polar surface area (TPSA) is 89.0 Å². The summed E-state index contributed by atoms with van der Waals surface area (Å²) in [6.07, 6.45) is -0.281. The van der Waals surface area contributed by atoms with E-state index in [9.17, 15) is 4.79 Å². The van der Waals surface area contributed by atoms with E-state index in [0.717, 1.165) is 0 Å². The minimum atomic E-state index is -0.536. The Bertz CT molecular complexity index is 479. The predicted molar refractivity (Wildman–Crippen MR) is 57.0 cm³/mol. The van der Waals surface area contributed by atoms with E-state index in [2.05, 4.69) is 10.5 Å². The summed E-state index contributed by atoms with van der Waals surface area (Å²) in [7, 11) is 0. The lowest BCUT2D eigenvalue weighted by molar-refractivity contribution is -0.120. The zero-order chi connectivity index (χ0) is 11.8. The first kappa shape index (κ1) is 11.4. The fourth-order valence-electron chi connectivity index (χ4n) is 0.980. The first-order chi connectivity index (χ1) is 7.77. The summed E-state index contributed by atoms with van der Waals surface area (Å²) in [4.78, 5) is 10.9. The summed E-state index contributed by atoms with van der Waals surface area (Å²) in [5.41, 5.74) is 2.85. The third-order valence-corrected chi connectivity index (χ3v) is 1.69. The molecular formula is C11H8N4O. The zero-order valence-corrected chi connectivity index (χ0v) is 8.34. The lowest BCUT2D eigenvalue weighted by Crippen LogP contribution is -2.18. The number of amides is 1. The van der Waals surface area contributed by atoms with Crippen LogP contribution in [0.1, 0.15) is 12.0 Å². The van der Waals surface area contributed by atoms with Crippen LogP contribution in [0.2, 0.25) is 0 Å². The zero-order valence-electron chi connectivity index (χ0n) is 8.34. The van der Waals surface area contributed by atoms with Crippen molar-refractivity contribution in [2.75, 3.05) is 0 Å². The fourth-order valence-corrected chi connectivity index (χ4v) is 0.980. The number of nitrogens with one attached hydrogen (secondary N) is 1.